The summed E-state index contributed by atoms with van der Waals surface area (Å²) < 4.78 is 13.5. The van der Waals surface area contributed by atoms with Gasteiger partial charge in [-0.2, -0.15) is 0 Å². The Labute approximate surface area is 118 Å². The third-order valence-corrected chi connectivity index (χ3v) is 3.48. The first-order valence-corrected chi connectivity index (χ1v) is 6.53. The number of benzene rings is 1. The molecule has 0 aliphatic heterocycles. The Morgan fingerprint density at radius 1 is 1.37 bits per heavy atom. The first-order valence-electron chi connectivity index (χ1n) is 5.34. The van der Waals surface area contributed by atoms with E-state index in [1.165, 1.54) is 12.3 Å². The van der Waals surface area contributed by atoms with E-state index in [2.05, 4.69) is 4.98 Å². The molecule has 0 bridgehead atoms. The number of rotatable bonds is 4. The minimum absolute atomic E-state index is 0.0293. The predicted octanol–water partition coefficient (Wildman–Crippen LogP) is 3.65. The van der Waals surface area contributed by atoms with E-state index in [4.69, 9.17) is 16.7 Å². The second-order valence-electron chi connectivity index (χ2n) is 3.76. The molecule has 1 aromatic heterocycles. The molecule has 0 aliphatic carbocycles. The van der Waals surface area contributed by atoms with Gasteiger partial charge < -0.3 is 5.11 Å². The van der Waals surface area contributed by atoms with Gasteiger partial charge in [0.05, 0.1) is 11.4 Å². The Balaban J connectivity index is 2.13. The molecule has 1 heterocycles. The molecule has 1 N–H and O–H groups in total. The Morgan fingerprint density at radius 2 is 2.05 bits per heavy atom. The van der Waals surface area contributed by atoms with E-state index in [9.17, 15) is 9.18 Å². The molecule has 0 atom stereocenters. The molecule has 0 radical (unpaired) electrons. The van der Waals surface area contributed by atoms with Crippen molar-refractivity contribution in [3.05, 3.63) is 52.9 Å². The van der Waals surface area contributed by atoms with Gasteiger partial charge in [-0.1, -0.05) is 35.5 Å². The van der Waals surface area contributed by atoms with Crippen LogP contribution in [0.4, 0.5) is 4.39 Å². The maximum atomic E-state index is 13.5. The number of carboxylic acids is 1. The van der Waals surface area contributed by atoms with Crippen molar-refractivity contribution in [3.8, 4) is 0 Å². The first-order chi connectivity index (χ1) is 9.04. The summed E-state index contributed by atoms with van der Waals surface area (Å²) in [5.74, 6) is -1.36. The molecule has 19 heavy (non-hydrogen) atoms. The van der Waals surface area contributed by atoms with Gasteiger partial charge in [0.25, 0.3) is 0 Å². The quantitative estimate of drug-likeness (QED) is 0.936. The fourth-order valence-electron chi connectivity index (χ4n) is 1.44. The van der Waals surface area contributed by atoms with Gasteiger partial charge in [-0.15, -0.1) is 0 Å². The normalized spacial score (nSPS) is 10.4. The summed E-state index contributed by atoms with van der Waals surface area (Å²) in [7, 11) is 0. The van der Waals surface area contributed by atoms with Crippen LogP contribution in [-0.4, -0.2) is 16.1 Å². The molecule has 2 aromatic rings. The fraction of sp³-hybridized carbons (Fsp3) is 0.0769. The van der Waals surface area contributed by atoms with Crippen LogP contribution in [0.15, 0.2) is 46.5 Å². The van der Waals surface area contributed by atoms with Gasteiger partial charge in [-0.05, 0) is 23.8 Å². The van der Waals surface area contributed by atoms with Gasteiger partial charge in [0, 0.05) is 11.1 Å². The highest BCUT2D eigenvalue weighted by Gasteiger charge is 2.07. The molecule has 2 rings (SSSR count). The van der Waals surface area contributed by atoms with Crippen molar-refractivity contribution in [1.82, 2.24) is 4.98 Å². The van der Waals surface area contributed by atoms with Gasteiger partial charge in [0.2, 0.25) is 0 Å². The molecule has 3 nitrogen and oxygen atoms in total. The number of carboxylic acid groups (broad SMARTS) is 1. The lowest BCUT2D eigenvalue weighted by Crippen LogP contribution is -1.99. The molecule has 0 fully saturated rings. The van der Waals surface area contributed by atoms with E-state index in [0.29, 0.717) is 5.56 Å². The van der Waals surface area contributed by atoms with Crippen LogP contribution in [-0.2, 0) is 11.2 Å². The van der Waals surface area contributed by atoms with Crippen LogP contribution < -0.4 is 0 Å². The molecule has 0 saturated heterocycles. The number of hydrogen-bond donors (Lipinski definition) is 1. The summed E-state index contributed by atoms with van der Waals surface area (Å²) in [6, 6.07) is 8.07. The second-order valence-corrected chi connectivity index (χ2v) is 5.26. The molecule has 98 valence electrons. The van der Waals surface area contributed by atoms with Crippen LogP contribution in [0.2, 0.25) is 5.02 Å². The van der Waals surface area contributed by atoms with Crippen molar-refractivity contribution in [2.24, 2.45) is 0 Å². The Bertz CT molecular complexity index is 604. The smallest absolute Gasteiger partial charge is 0.307 e. The highest BCUT2D eigenvalue weighted by molar-refractivity contribution is 7.99. The highest BCUT2D eigenvalue weighted by atomic mass is 35.5. The lowest BCUT2D eigenvalue weighted by molar-refractivity contribution is -0.136. The SMILES string of the molecule is O=C(O)Cc1ccc(Sc2ncc(Cl)cc2F)cc1. The molecular weight excluding hydrogens is 289 g/mol. The number of aromatic nitrogens is 1. The fourth-order valence-corrected chi connectivity index (χ4v) is 2.34. The number of pyridine rings is 1. The van der Waals surface area contributed by atoms with Crippen molar-refractivity contribution in [3.63, 3.8) is 0 Å². The van der Waals surface area contributed by atoms with Crippen LogP contribution in [0.3, 0.4) is 0 Å². The van der Waals surface area contributed by atoms with Crippen LogP contribution in [0.25, 0.3) is 0 Å². The highest BCUT2D eigenvalue weighted by Crippen LogP contribution is 2.29. The third-order valence-electron chi connectivity index (χ3n) is 2.27. The molecular formula is C13H9ClFNO2S. The summed E-state index contributed by atoms with van der Waals surface area (Å²) in [5.41, 5.74) is 0.696. The van der Waals surface area contributed by atoms with Crippen LogP contribution in [0.1, 0.15) is 5.56 Å². The average molecular weight is 298 g/mol. The largest absolute Gasteiger partial charge is 0.481 e. The van der Waals surface area contributed by atoms with Crippen LogP contribution >= 0.6 is 23.4 Å². The van der Waals surface area contributed by atoms with Gasteiger partial charge in [-0.3, -0.25) is 4.79 Å². The number of aliphatic carboxylic acids is 1. The Kier molecular flexibility index (Phi) is 4.39. The molecule has 6 heteroatoms. The molecule has 0 spiro atoms. The standard InChI is InChI=1S/C13H9ClFNO2S/c14-9-6-11(15)13(16-7-9)19-10-3-1-8(2-4-10)5-12(17)18/h1-4,6-7H,5H2,(H,17,18). The minimum Gasteiger partial charge on any atom is -0.481 e. The number of carbonyl (C=O) groups is 1. The van der Waals surface area contributed by atoms with Crippen LogP contribution in [0.5, 0.6) is 0 Å². The van der Waals surface area contributed by atoms with E-state index in [0.717, 1.165) is 16.7 Å². The average Bonchev–Trinajstić information content (AvgIpc) is 2.34. The maximum absolute atomic E-state index is 13.5. The lowest BCUT2D eigenvalue weighted by atomic mass is 10.2. The summed E-state index contributed by atoms with van der Waals surface area (Å²) in [5, 5.41) is 9.14. The molecule has 1 aromatic carbocycles. The lowest BCUT2D eigenvalue weighted by Gasteiger charge is -2.03. The van der Waals surface area contributed by atoms with Crippen LogP contribution in [0, 0.1) is 5.82 Å². The Morgan fingerprint density at radius 3 is 2.63 bits per heavy atom. The number of hydrogen-bond acceptors (Lipinski definition) is 3. The monoisotopic (exact) mass is 297 g/mol. The third kappa shape index (κ3) is 3.94. The van der Waals surface area contributed by atoms with Crippen molar-refractivity contribution < 1.29 is 14.3 Å². The molecule has 0 amide bonds. The van der Waals surface area contributed by atoms with E-state index >= 15 is 0 Å². The van der Waals surface area contributed by atoms with E-state index in [1.54, 1.807) is 24.3 Å². The predicted molar refractivity (Wildman–Crippen MR) is 71.1 cm³/mol. The molecule has 0 aliphatic rings. The zero-order valence-corrected chi connectivity index (χ0v) is 11.2. The van der Waals surface area contributed by atoms with Gasteiger partial charge in [0.1, 0.15) is 5.03 Å². The topological polar surface area (TPSA) is 50.2 Å². The van der Waals surface area contributed by atoms with E-state index < -0.39 is 11.8 Å². The zero-order valence-electron chi connectivity index (χ0n) is 9.64. The second kappa shape index (κ2) is 6.04. The van der Waals surface area contributed by atoms with Gasteiger partial charge in [0.15, 0.2) is 5.82 Å². The molecule has 0 unspecified atom stereocenters. The van der Waals surface area contributed by atoms with Gasteiger partial charge >= 0.3 is 5.97 Å². The molecule has 0 saturated carbocycles. The summed E-state index contributed by atoms with van der Waals surface area (Å²) in [6.45, 7) is 0. The van der Waals surface area contributed by atoms with Crippen molar-refractivity contribution >= 4 is 29.3 Å². The summed E-state index contributed by atoms with van der Waals surface area (Å²) in [6.07, 6.45) is 1.35. The summed E-state index contributed by atoms with van der Waals surface area (Å²) in [4.78, 5) is 15.2. The number of nitrogens with zero attached hydrogens (tertiary/aromatic N) is 1. The number of halogens is 2. The van der Waals surface area contributed by atoms with E-state index in [-0.39, 0.29) is 16.5 Å². The Hall–Kier alpha value is -1.59. The minimum atomic E-state index is -0.884. The van der Waals surface area contributed by atoms with Crippen molar-refractivity contribution in [1.29, 1.82) is 0 Å². The van der Waals surface area contributed by atoms with Gasteiger partial charge in [-0.25, -0.2) is 9.37 Å². The van der Waals surface area contributed by atoms with Crippen molar-refractivity contribution in [2.75, 3.05) is 0 Å². The van der Waals surface area contributed by atoms with Crippen molar-refractivity contribution in [2.45, 2.75) is 16.3 Å². The zero-order chi connectivity index (χ0) is 13.8. The maximum Gasteiger partial charge on any atom is 0.307 e. The first kappa shape index (κ1) is 13.8. The van der Waals surface area contributed by atoms with E-state index in [1.807, 2.05) is 0 Å². The summed E-state index contributed by atoms with van der Waals surface area (Å²) >= 11 is 6.78.